The smallest absolute Gasteiger partial charge is 0.333 e. The standard InChI is InChI=1S/C70H50N4O2/c1-71-69(70(75)76)46-51-34-36-60(37-35-51)72(61-38-42-63(43-39-61)73(65-30-14-26-56(47-65)52-18-6-2-7-19-52)66-31-15-27-57(48-66)53-20-8-3-9-21-53)62-40-44-64(45-41-62)74(67-32-16-28-58(49-67)54-22-10-4-11-23-54)68-33-17-29-59(50-68)55-24-12-5-13-25-55/h2-50H,(H,75,76)/b69-46-. The van der Waals surface area contributed by atoms with Crippen molar-refractivity contribution < 1.29 is 9.90 Å². The van der Waals surface area contributed by atoms with Crippen LogP contribution in [0.4, 0.5) is 51.2 Å². The molecule has 362 valence electrons. The monoisotopic (exact) mass is 978 g/mol. The molecule has 0 unspecified atom stereocenters. The Bertz CT molecular complexity index is 3460. The topological polar surface area (TPSA) is 51.4 Å². The van der Waals surface area contributed by atoms with Crippen LogP contribution in [0.5, 0.6) is 0 Å². The molecular weight excluding hydrogens is 929 g/mol. The highest BCUT2D eigenvalue weighted by molar-refractivity contribution is 5.94. The lowest BCUT2D eigenvalue weighted by atomic mass is 10.0. The number of nitrogens with zero attached hydrogens (tertiary/aromatic N) is 4. The Hall–Kier alpha value is -10.5. The second-order valence-corrected chi connectivity index (χ2v) is 18.2. The molecule has 6 nitrogen and oxygen atoms in total. The Balaban J connectivity index is 1.02. The van der Waals surface area contributed by atoms with E-state index in [9.17, 15) is 9.90 Å². The molecule has 11 aromatic rings. The van der Waals surface area contributed by atoms with Crippen molar-refractivity contribution in [2.45, 2.75) is 0 Å². The number of anilines is 9. The van der Waals surface area contributed by atoms with Gasteiger partial charge in [-0.3, -0.25) is 4.79 Å². The van der Waals surface area contributed by atoms with Crippen molar-refractivity contribution in [2.24, 2.45) is 0 Å². The van der Waals surface area contributed by atoms with Crippen LogP contribution in [0.3, 0.4) is 0 Å². The Morgan fingerprint density at radius 1 is 0.303 bits per heavy atom. The molecule has 0 atom stereocenters. The number of carboxylic acid groups (broad SMARTS) is 1. The fourth-order valence-corrected chi connectivity index (χ4v) is 9.68. The molecule has 0 saturated carbocycles. The summed E-state index contributed by atoms with van der Waals surface area (Å²) in [6.07, 6.45) is 1.40. The van der Waals surface area contributed by atoms with Crippen LogP contribution >= 0.6 is 0 Å². The molecule has 11 aromatic carbocycles. The van der Waals surface area contributed by atoms with E-state index in [2.05, 4.69) is 262 Å². The average molecular weight is 979 g/mol. The molecule has 0 radical (unpaired) electrons. The molecular formula is C70H50N4O2. The van der Waals surface area contributed by atoms with E-state index >= 15 is 0 Å². The van der Waals surface area contributed by atoms with E-state index in [0.717, 1.165) is 95.7 Å². The molecule has 0 saturated heterocycles. The zero-order valence-electron chi connectivity index (χ0n) is 41.4. The maximum absolute atomic E-state index is 11.8. The van der Waals surface area contributed by atoms with Crippen LogP contribution < -0.4 is 14.7 Å². The van der Waals surface area contributed by atoms with E-state index in [4.69, 9.17) is 6.57 Å². The highest BCUT2D eigenvalue weighted by Gasteiger charge is 2.20. The SMILES string of the molecule is [C-]#[N+]/C(=C\c1ccc(N(c2ccc(N(c3cccc(-c4ccccc4)c3)c3cccc(-c4ccccc4)c3)cc2)c2ccc(N(c3cccc(-c4ccccc4)c3)c3cccc(-c4ccccc4)c3)cc2)cc1)C(=O)O. The molecule has 0 aromatic heterocycles. The van der Waals surface area contributed by atoms with Gasteiger partial charge in [-0.1, -0.05) is 182 Å². The molecule has 11 rings (SSSR count). The molecule has 0 aliphatic carbocycles. The van der Waals surface area contributed by atoms with Gasteiger partial charge in [0.25, 0.3) is 5.70 Å². The summed E-state index contributed by atoms with van der Waals surface area (Å²) in [4.78, 5) is 21.9. The number of aliphatic carboxylic acids is 1. The second kappa shape index (κ2) is 22.1. The van der Waals surface area contributed by atoms with Crippen LogP contribution in [0.2, 0.25) is 0 Å². The van der Waals surface area contributed by atoms with Crippen LogP contribution in [0.25, 0.3) is 55.4 Å². The minimum absolute atomic E-state index is 0.350. The van der Waals surface area contributed by atoms with Crippen molar-refractivity contribution in [1.82, 2.24) is 0 Å². The third-order valence-corrected chi connectivity index (χ3v) is 13.4. The molecule has 76 heavy (non-hydrogen) atoms. The van der Waals surface area contributed by atoms with Gasteiger partial charge in [0.15, 0.2) is 0 Å². The molecule has 0 aliphatic heterocycles. The van der Waals surface area contributed by atoms with Gasteiger partial charge in [0.1, 0.15) is 0 Å². The summed E-state index contributed by atoms with van der Waals surface area (Å²) < 4.78 is 0. The van der Waals surface area contributed by atoms with Gasteiger partial charge in [0.05, 0.1) is 6.57 Å². The summed E-state index contributed by atoms with van der Waals surface area (Å²) in [6.45, 7) is 7.45. The maximum atomic E-state index is 11.8. The van der Waals surface area contributed by atoms with Crippen LogP contribution in [-0.2, 0) is 4.79 Å². The molecule has 1 N–H and O–H groups in total. The van der Waals surface area contributed by atoms with Gasteiger partial charge in [-0.2, -0.15) is 0 Å². The van der Waals surface area contributed by atoms with Crippen molar-refractivity contribution in [2.75, 3.05) is 14.7 Å². The largest absolute Gasteiger partial charge is 0.486 e. The van der Waals surface area contributed by atoms with Crippen LogP contribution in [0.1, 0.15) is 5.56 Å². The lowest BCUT2D eigenvalue weighted by molar-refractivity contribution is -0.132. The van der Waals surface area contributed by atoms with E-state index in [1.54, 1.807) is 0 Å². The highest BCUT2D eigenvalue weighted by atomic mass is 16.4. The van der Waals surface area contributed by atoms with Crippen molar-refractivity contribution >= 4 is 63.2 Å². The number of hydrogen-bond donors (Lipinski definition) is 1. The number of rotatable bonds is 15. The van der Waals surface area contributed by atoms with Gasteiger partial charge in [0.2, 0.25) is 0 Å². The summed E-state index contributed by atoms with van der Waals surface area (Å²) in [7, 11) is 0. The van der Waals surface area contributed by atoms with Gasteiger partial charge in [-0.25, -0.2) is 4.85 Å². The Labute approximate surface area is 444 Å². The Kier molecular flexibility index (Phi) is 13.9. The highest BCUT2D eigenvalue weighted by Crippen LogP contribution is 2.44. The summed E-state index contributed by atoms with van der Waals surface area (Å²) in [6, 6.07) is 101. The van der Waals surface area contributed by atoms with E-state index in [-0.39, 0.29) is 5.70 Å². The molecule has 0 heterocycles. The molecule has 0 amide bonds. The van der Waals surface area contributed by atoms with Crippen molar-refractivity contribution in [3.63, 3.8) is 0 Å². The van der Waals surface area contributed by atoms with Crippen molar-refractivity contribution in [3.05, 3.63) is 314 Å². The first-order chi connectivity index (χ1) is 37.5. The second-order valence-electron chi connectivity index (χ2n) is 18.2. The minimum Gasteiger partial charge on any atom is -0.486 e. The van der Waals surface area contributed by atoms with Crippen molar-refractivity contribution in [1.29, 1.82) is 0 Å². The number of hydrogen-bond acceptors (Lipinski definition) is 4. The van der Waals surface area contributed by atoms with Crippen molar-refractivity contribution in [3.8, 4) is 44.5 Å². The van der Waals surface area contributed by atoms with Gasteiger partial charge in [-0.05, 0) is 165 Å². The molecule has 0 spiro atoms. The predicted molar refractivity (Wildman–Crippen MR) is 314 cm³/mol. The van der Waals surface area contributed by atoms with E-state index < -0.39 is 5.97 Å². The van der Waals surface area contributed by atoms with Crippen LogP contribution in [0.15, 0.2) is 297 Å². The van der Waals surface area contributed by atoms with E-state index in [0.29, 0.717) is 5.56 Å². The van der Waals surface area contributed by atoms with E-state index in [1.807, 2.05) is 48.5 Å². The first-order valence-electron chi connectivity index (χ1n) is 25.1. The molecule has 0 aliphatic rings. The lowest BCUT2D eigenvalue weighted by Crippen LogP contribution is -2.13. The first-order valence-corrected chi connectivity index (χ1v) is 25.1. The first kappa shape index (κ1) is 47.8. The molecule has 0 fully saturated rings. The number of carbonyl (C=O) groups is 1. The third kappa shape index (κ3) is 10.5. The minimum atomic E-state index is -1.26. The summed E-state index contributed by atoms with van der Waals surface area (Å²) in [5.74, 6) is -1.26. The predicted octanol–water partition coefficient (Wildman–Crippen LogP) is 19.1. The van der Waals surface area contributed by atoms with Gasteiger partial charge in [-0.15, -0.1) is 0 Å². The normalized spacial score (nSPS) is 11.1. The molecule has 0 bridgehead atoms. The quantitative estimate of drug-likeness (QED) is 0.0819. The molecule has 6 heteroatoms. The lowest BCUT2D eigenvalue weighted by Gasteiger charge is -2.30. The van der Waals surface area contributed by atoms with Crippen LogP contribution in [0, 0.1) is 6.57 Å². The summed E-state index contributed by atoms with van der Waals surface area (Å²) in [5.41, 5.74) is 18.0. The summed E-state index contributed by atoms with van der Waals surface area (Å²) >= 11 is 0. The van der Waals surface area contributed by atoms with Gasteiger partial charge >= 0.3 is 5.97 Å². The Morgan fingerprint density at radius 3 is 0.789 bits per heavy atom. The fraction of sp³-hybridized carbons (Fsp3) is 0. The zero-order chi connectivity index (χ0) is 51.6. The zero-order valence-corrected chi connectivity index (χ0v) is 41.4. The van der Waals surface area contributed by atoms with Crippen LogP contribution in [-0.4, -0.2) is 11.1 Å². The summed E-state index contributed by atoms with van der Waals surface area (Å²) in [5, 5.41) is 9.65. The van der Waals surface area contributed by atoms with E-state index in [1.165, 1.54) is 6.08 Å². The van der Waals surface area contributed by atoms with Gasteiger partial charge in [0, 0.05) is 51.2 Å². The average Bonchev–Trinajstić information content (AvgIpc) is 3.50. The third-order valence-electron chi connectivity index (χ3n) is 13.4. The Morgan fingerprint density at radius 2 is 0.539 bits per heavy atom. The number of carboxylic acids is 1. The maximum Gasteiger partial charge on any atom is 0.333 e. The number of benzene rings is 11. The van der Waals surface area contributed by atoms with Gasteiger partial charge < -0.3 is 19.8 Å². The fourth-order valence-electron chi connectivity index (χ4n) is 9.68.